The number of carbonyl (C=O) groups is 2. The zero-order valence-corrected chi connectivity index (χ0v) is 14.1. The number of nitrogens with zero attached hydrogens (tertiary/aromatic N) is 1. The van der Waals surface area contributed by atoms with Crippen LogP contribution >= 0.6 is 0 Å². The first-order chi connectivity index (χ1) is 11.6. The largest absolute Gasteiger partial charge is 0.382 e. The van der Waals surface area contributed by atoms with E-state index in [2.05, 4.69) is 5.32 Å². The van der Waals surface area contributed by atoms with Gasteiger partial charge < -0.3 is 15.0 Å². The Hall–Kier alpha value is -1.95. The highest BCUT2D eigenvalue weighted by Crippen LogP contribution is 2.19. The molecule has 5 nitrogen and oxygen atoms in total. The highest BCUT2D eigenvalue weighted by atomic mass is 19.1. The molecule has 24 heavy (non-hydrogen) atoms. The Kier molecular flexibility index (Phi) is 7.18. The van der Waals surface area contributed by atoms with Crippen LogP contribution in [0.3, 0.4) is 0 Å². The van der Waals surface area contributed by atoms with Gasteiger partial charge in [-0.3, -0.25) is 9.59 Å². The fourth-order valence-electron chi connectivity index (χ4n) is 2.82. The Bertz CT molecular complexity index is 557. The van der Waals surface area contributed by atoms with E-state index in [9.17, 15) is 14.0 Å². The van der Waals surface area contributed by atoms with Crippen molar-refractivity contribution >= 4 is 11.8 Å². The first kappa shape index (κ1) is 18.4. The summed E-state index contributed by atoms with van der Waals surface area (Å²) in [4.78, 5) is 26.2. The molecule has 0 unspecified atom stereocenters. The van der Waals surface area contributed by atoms with Crippen molar-refractivity contribution in [3.63, 3.8) is 0 Å². The third-order valence-corrected chi connectivity index (χ3v) is 4.19. The van der Waals surface area contributed by atoms with Gasteiger partial charge in [-0.1, -0.05) is 6.07 Å². The highest BCUT2D eigenvalue weighted by Gasteiger charge is 2.27. The van der Waals surface area contributed by atoms with E-state index in [-0.39, 0.29) is 17.7 Å². The Morgan fingerprint density at radius 1 is 1.33 bits per heavy atom. The molecule has 1 aliphatic rings. The number of likely N-dealkylation sites (tertiary alicyclic amines) is 1. The van der Waals surface area contributed by atoms with Gasteiger partial charge in [0, 0.05) is 44.3 Å². The summed E-state index contributed by atoms with van der Waals surface area (Å²) in [6.07, 6.45) is 2.08. The van der Waals surface area contributed by atoms with Crippen LogP contribution in [0.2, 0.25) is 0 Å². The van der Waals surface area contributed by atoms with Crippen LogP contribution in [0.4, 0.5) is 4.39 Å². The summed E-state index contributed by atoms with van der Waals surface area (Å²) in [6, 6.07) is 5.71. The van der Waals surface area contributed by atoms with E-state index < -0.39 is 5.82 Å². The SMILES string of the molecule is CCOCCCNC(=O)C1CCN(C(=O)c2cccc(F)c2)CC1. The molecule has 1 aromatic carbocycles. The van der Waals surface area contributed by atoms with Crippen molar-refractivity contribution in [1.82, 2.24) is 10.2 Å². The molecule has 1 aromatic rings. The molecular weight excluding hydrogens is 311 g/mol. The summed E-state index contributed by atoms with van der Waals surface area (Å²) in [6.45, 7) is 4.93. The van der Waals surface area contributed by atoms with Crippen molar-refractivity contribution in [3.05, 3.63) is 35.6 Å². The third-order valence-electron chi connectivity index (χ3n) is 4.19. The van der Waals surface area contributed by atoms with Crippen LogP contribution in [0.1, 0.15) is 36.5 Å². The minimum atomic E-state index is -0.415. The molecule has 1 fully saturated rings. The molecule has 0 saturated carbocycles. The van der Waals surface area contributed by atoms with E-state index >= 15 is 0 Å². The number of ether oxygens (including phenoxy) is 1. The maximum absolute atomic E-state index is 13.2. The maximum atomic E-state index is 13.2. The van der Waals surface area contributed by atoms with Gasteiger partial charge in [-0.05, 0) is 44.4 Å². The van der Waals surface area contributed by atoms with Gasteiger partial charge in [0.1, 0.15) is 5.82 Å². The quantitative estimate of drug-likeness (QED) is 0.777. The van der Waals surface area contributed by atoms with Crippen molar-refractivity contribution in [1.29, 1.82) is 0 Å². The second-order valence-corrected chi connectivity index (χ2v) is 5.92. The summed E-state index contributed by atoms with van der Waals surface area (Å²) >= 11 is 0. The van der Waals surface area contributed by atoms with Crippen LogP contribution in [0, 0.1) is 11.7 Å². The second kappa shape index (κ2) is 9.37. The molecule has 2 rings (SSSR count). The molecule has 1 N–H and O–H groups in total. The Labute approximate surface area is 142 Å². The van der Waals surface area contributed by atoms with Gasteiger partial charge in [-0.25, -0.2) is 4.39 Å². The average molecular weight is 336 g/mol. The summed E-state index contributed by atoms with van der Waals surface area (Å²) < 4.78 is 18.5. The van der Waals surface area contributed by atoms with E-state index in [1.165, 1.54) is 18.2 Å². The Morgan fingerprint density at radius 3 is 2.75 bits per heavy atom. The Balaban J connectivity index is 1.74. The number of piperidine rings is 1. The molecule has 2 amide bonds. The number of nitrogens with one attached hydrogen (secondary N) is 1. The minimum absolute atomic E-state index is 0.0457. The summed E-state index contributed by atoms with van der Waals surface area (Å²) in [5.74, 6) is -0.606. The number of benzene rings is 1. The maximum Gasteiger partial charge on any atom is 0.253 e. The lowest BCUT2D eigenvalue weighted by Crippen LogP contribution is -2.43. The van der Waals surface area contributed by atoms with Gasteiger partial charge in [0.15, 0.2) is 0 Å². The Morgan fingerprint density at radius 2 is 2.08 bits per heavy atom. The van der Waals surface area contributed by atoms with E-state index in [1.807, 2.05) is 6.92 Å². The van der Waals surface area contributed by atoms with Crippen LogP contribution in [0.25, 0.3) is 0 Å². The van der Waals surface area contributed by atoms with Crippen molar-refractivity contribution in [2.45, 2.75) is 26.2 Å². The summed E-state index contributed by atoms with van der Waals surface area (Å²) in [5.41, 5.74) is 0.355. The van der Waals surface area contributed by atoms with Gasteiger partial charge in [0.25, 0.3) is 5.91 Å². The summed E-state index contributed by atoms with van der Waals surface area (Å²) in [5, 5.41) is 2.92. The number of rotatable bonds is 7. The van der Waals surface area contributed by atoms with Gasteiger partial charge in [0.2, 0.25) is 5.91 Å². The second-order valence-electron chi connectivity index (χ2n) is 5.92. The number of halogens is 1. The van der Waals surface area contributed by atoms with Gasteiger partial charge >= 0.3 is 0 Å². The minimum Gasteiger partial charge on any atom is -0.382 e. The van der Waals surface area contributed by atoms with Crippen LogP contribution < -0.4 is 5.32 Å². The molecule has 0 bridgehead atoms. The monoisotopic (exact) mass is 336 g/mol. The number of carbonyl (C=O) groups excluding carboxylic acids is 2. The van der Waals surface area contributed by atoms with Gasteiger partial charge in [-0.2, -0.15) is 0 Å². The number of hydrogen-bond acceptors (Lipinski definition) is 3. The zero-order valence-electron chi connectivity index (χ0n) is 14.1. The standard InChI is InChI=1S/C18H25FN2O3/c1-2-24-12-4-9-20-17(22)14-7-10-21(11-8-14)18(23)15-5-3-6-16(19)13-15/h3,5-6,13-14H,2,4,7-12H2,1H3,(H,20,22). The molecule has 1 heterocycles. The van der Waals surface area contributed by atoms with Crippen LogP contribution in [0.5, 0.6) is 0 Å². The van der Waals surface area contributed by atoms with Crippen LogP contribution in [0.15, 0.2) is 24.3 Å². The summed E-state index contributed by atoms with van der Waals surface area (Å²) in [7, 11) is 0. The zero-order chi connectivity index (χ0) is 17.4. The van der Waals surface area contributed by atoms with E-state index in [0.717, 1.165) is 6.42 Å². The predicted octanol–water partition coefficient (Wildman–Crippen LogP) is 2.22. The molecule has 0 aromatic heterocycles. The molecule has 0 spiro atoms. The molecule has 1 aliphatic heterocycles. The lowest BCUT2D eigenvalue weighted by atomic mass is 9.95. The first-order valence-electron chi connectivity index (χ1n) is 8.52. The van der Waals surface area contributed by atoms with Crippen molar-refractivity contribution in [2.75, 3.05) is 32.8 Å². The van der Waals surface area contributed by atoms with Crippen molar-refractivity contribution in [3.8, 4) is 0 Å². The topological polar surface area (TPSA) is 58.6 Å². The highest BCUT2D eigenvalue weighted by molar-refractivity contribution is 5.94. The van der Waals surface area contributed by atoms with E-state index in [1.54, 1.807) is 11.0 Å². The molecule has 0 aliphatic carbocycles. The third kappa shape index (κ3) is 5.30. The van der Waals surface area contributed by atoms with Crippen LogP contribution in [-0.2, 0) is 9.53 Å². The first-order valence-corrected chi connectivity index (χ1v) is 8.52. The van der Waals surface area contributed by atoms with Crippen LogP contribution in [-0.4, -0.2) is 49.6 Å². The number of amides is 2. The smallest absolute Gasteiger partial charge is 0.253 e. The van der Waals surface area contributed by atoms with E-state index in [4.69, 9.17) is 4.74 Å². The normalized spacial score (nSPS) is 15.3. The molecule has 6 heteroatoms. The molecule has 132 valence electrons. The molecule has 0 atom stereocenters. The fraction of sp³-hybridized carbons (Fsp3) is 0.556. The predicted molar refractivity (Wildman–Crippen MR) is 89.1 cm³/mol. The lowest BCUT2D eigenvalue weighted by molar-refractivity contribution is -0.126. The van der Waals surface area contributed by atoms with E-state index in [0.29, 0.717) is 51.3 Å². The lowest BCUT2D eigenvalue weighted by Gasteiger charge is -2.31. The fourth-order valence-corrected chi connectivity index (χ4v) is 2.82. The molecule has 0 radical (unpaired) electrons. The average Bonchev–Trinajstić information content (AvgIpc) is 2.61. The molecule has 1 saturated heterocycles. The van der Waals surface area contributed by atoms with Crippen molar-refractivity contribution < 1.29 is 18.7 Å². The molecular formula is C18H25FN2O3. The van der Waals surface area contributed by atoms with Gasteiger partial charge in [-0.15, -0.1) is 0 Å². The van der Waals surface area contributed by atoms with Gasteiger partial charge in [0.05, 0.1) is 0 Å². The number of hydrogen-bond donors (Lipinski definition) is 1. The van der Waals surface area contributed by atoms with Crippen molar-refractivity contribution in [2.24, 2.45) is 5.92 Å².